The van der Waals surface area contributed by atoms with Crippen LogP contribution in [0.25, 0.3) is 0 Å². The number of hydrogen-bond donors (Lipinski definition) is 0. The van der Waals surface area contributed by atoms with Crippen LogP contribution in [0.4, 0.5) is 0 Å². The van der Waals surface area contributed by atoms with Crippen molar-refractivity contribution >= 4 is 25.2 Å². The van der Waals surface area contributed by atoms with Gasteiger partial charge in [-0.25, -0.2) is 0 Å². The summed E-state index contributed by atoms with van der Waals surface area (Å²) in [5.41, 5.74) is 1.41. The number of hydrogen-bond acceptors (Lipinski definition) is 2. The molecule has 0 fully saturated rings. The molecule has 3 heteroatoms. The highest BCUT2D eigenvalue weighted by Crippen LogP contribution is 2.32. The van der Waals surface area contributed by atoms with Crippen LogP contribution in [0.3, 0.4) is 0 Å². The van der Waals surface area contributed by atoms with E-state index in [1.807, 2.05) is 18.0 Å². The lowest BCUT2D eigenvalue weighted by atomic mass is 10.0. The Morgan fingerprint density at radius 1 is 0.917 bits per heavy atom. The van der Waals surface area contributed by atoms with Crippen molar-refractivity contribution < 1.29 is 4.42 Å². The molecule has 1 nitrogen and oxygen atoms in total. The molecular formula is C21H40OSSi. The van der Waals surface area contributed by atoms with E-state index in [0.717, 1.165) is 0 Å². The van der Waals surface area contributed by atoms with Gasteiger partial charge in [-0.3, -0.25) is 0 Å². The predicted octanol–water partition coefficient (Wildman–Crippen LogP) is 7.54. The Morgan fingerprint density at radius 3 is 1.92 bits per heavy atom. The van der Waals surface area contributed by atoms with E-state index in [9.17, 15) is 0 Å². The first-order chi connectivity index (χ1) is 11.5. The monoisotopic (exact) mass is 368 g/mol. The summed E-state index contributed by atoms with van der Waals surface area (Å²) in [5, 5.41) is 1.87. The third-order valence-electron chi connectivity index (χ3n) is 4.84. The highest BCUT2D eigenvalue weighted by atomic mass is 32.2. The maximum atomic E-state index is 5.86. The quantitative estimate of drug-likeness (QED) is 0.248. The molecule has 0 aromatic carbocycles. The highest BCUT2D eigenvalue weighted by molar-refractivity contribution is 7.98. The molecule has 0 N–H and O–H groups in total. The molecule has 0 aliphatic heterocycles. The molecule has 1 unspecified atom stereocenters. The van der Waals surface area contributed by atoms with Crippen LogP contribution < -0.4 is 5.38 Å². The molecule has 1 rings (SSSR count). The molecule has 1 atom stereocenters. The van der Waals surface area contributed by atoms with Crippen LogP contribution in [0.5, 0.6) is 0 Å². The van der Waals surface area contributed by atoms with E-state index in [-0.39, 0.29) is 0 Å². The fraction of sp³-hybridized carbons (Fsp3) is 0.810. The van der Waals surface area contributed by atoms with Crippen molar-refractivity contribution in [3.05, 3.63) is 17.9 Å². The molecule has 1 aromatic heterocycles. The van der Waals surface area contributed by atoms with Crippen molar-refractivity contribution in [1.29, 1.82) is 0 Å². The van der Waals surface area contributed by atoms with E-state index < -0.39 is 8.07 Å². The molecule has 0 saturated carbocycles. The van der Waals surface area contributed by atoms with Gasteiger partial charge in [-0.2, -0.15) is 11.8 Å². The molecule has 0 spiro atoms. The predicted molar refractivity (Wildman–Crippen MR) is 114 cm³/mol. The van der Waals surface area contributed by atoms with Crippen LogP contribution in [0.2, 0.25) is 19.6 Å². The van der Waals surface area contributed by atoms with Gasteiger partial charge in [0.2, 0.25) is 0 Å². The first-order valence-corrected chi connectivity index (χ1v) is 14.9. The van der Waals surface area contributed by atoms with Crippen LogP contribution in [0.15, 0.2) is 16.7 Å². The molecule has 0 bridgehead atoms. The highest BCUT2D eigenvalue weighted by Gasteiger charge is 2.23. The average Bonchev–Trinajstić information content (AvgIpc) is 3.03. The van der Waals surface area contributed by atoms with Gasteiger partial charge in [0.15, 0.2) is 0 Å². The molecule has 0 aliphatic rings. The van der Waals surface area contributed by atoms with E-state index >= 15 is 0 Å². The molecule has 0 radical (unpaired) electrons. The Balaban J connectivity index is 2.15. The van der Waals surface area contributed by atoms with Gasteiger partial charge in [0, 0.05) is 10.8 Å². The number of furan rings is 1. The summed E-state index contributed by atoms with van der Waals surface area (Å²) in [6.45, 7) is 9.35. The molecule has 0 saturated heterocycles. The zero-order chi connectivity index (χ0) is 17.8. The van der Waals surface area contributed by atoms with Gasteiger partial charge in [-0.1, -0.05) is 90.8 Å². The second-order valence-electron chi connectivity index (χ2n) is 8.19. The molecular weight excluding hydrogens is 328 g/mol. The summed E-state index contributed by atoms with van der Waals surface area (Å²) < 4.78 is 5.86. The van der Waals surface area contributed by atoms with E-state index in [2.05, 4.69) is 38.9 Å². The van der Waals surface area contributed by atoms with Crippen molar-refractivity contribution in [1.82, 2.24) is 0 Å². The summed E-state index contributed by atoms with van der Waals surface area (Å²) in [5.74, 6) is 0. The largest absolute Gasteiger partial charge is 0.474 e. The van der Waals surface area contributed by atoms with Gasteiger partial charge < -0.3 is 4.42 Å². The summed E-state index contributed by atoms with van der Waals surface area (Å²) >= 11 is 1.98. The van der Waals surface area contributed by atoms with Gasteiger partial charge >= 0.3 is 0 Å². The van der Waals surface area contributed by atoms with Crippen molar-refractivity contribution in [3.8, 4) is 0 Å². The Kier molecular flexibility index (Phi) is 11.2. The first kappa shape index (κ1) is 21.9. The Hall–Kier alpha value is -0.153. The average molecular weight is 369 g/mol. The smallest absolute Gasteiger partial charge is 0.123 e. The van der Waals surface area contributed by atoms with E-state index in [4.69, 9.17) is 4.42 Å². The lowest BCUT2D eigenvalue weighted by Gasteiger charge is -2.13. The minimum Gasteiger partial charge on any atom is -0.474 e. The number of thioether (sulfide) groups is 1. The fourth-order valence-corrected chi connectivity index (χ4v) is 4.96. The topological polar surface area (TPSA) is 13.1 Å². The van der Waals surface area contributed by atoms with Crippen molar-refractivity contribution in [2.75, 3.05) is 6.26 Å². The van der Waals surface area contributed by atoms with E-state index in [0.29, 0.717) is 5.25 Å². The molecule has 140 valence electrons. The first-order valence-electron chi connectivity index (χ1n) is 10.1. The summed E-state index contributed by atoms with van der Waals surface area (Å²) in [7, 11) is -1.31. The van der Waals surface area contributed by atoms with Crippen molar-refractivity contribution in [3.63, 3.8) is 0 Å². The SMILES string of the molecule is CCCCCCCCCCCCC(SC)c1coc([Si](C)(C)C)c1. The number of rotatable bonds is 14. The third-order valence-corrected chi connectivity index (χ3v) is 7.65. The Morgan fingerprint density at radius 2 is 1.46 bits per heavy atom. The van der Waals surface area contributed by atoms with Gasteiger partial charge in [0.25, 0.3) is 0 Å². The van der Waals surface area contributed by atoms with Crippen molar-refractivity contribution in [2.45, 2.75) is 102 Å². The Labute approximate surface area is 156 Å². The molecule has 1 aromatic rings. The molecule has 0 aliphatic carbocycles. The Bertz CT molecular complexity index is 422. The van der Waals surface area contributed by atoms with Crippen LogP contribution >= 0.6 is 11.8 Å². The molecule has 0 amide bonds. The van der Waals surface area contributed by atoms with Gasteiger partial charge in [-0.15, -0.1) is 0 Å². The second kappa shape index (κ2) is 12.2. The summed E-state index contributed by atoms with van der Waals surface area (Å²) in [6.07, 6.45) is 19.7. The van der Waals surface area contributed by atoms with Crippen LogP contribution in [-0.2, 0) is 0 Å². The number of unbranched alkanes of at least 4 members (excludes halogenated alkanes) is 9. The third kappa shape index (κ3) is 8.80. The minimum absolute atomic E-state index is 0.618. The lowest BCUT2D eigenvalue weighted by Crippen LogP contribution is -2.36. The van der Waals surface area contributed by atoms with Crippen LogP contribution in [0.1, 0.15) is 88.4 Å². The van der Waals surface area contributed by atoms with E-state index in [1.165, 1.54) is 81.6 Å². The molecule has 24 heavy (non-hydrogen) atoms. The van der Waals surface area contributed by atoms with Crippen molar-refractivity contribution in [2.24, 2.45) is 0 Å². The van der Waals surface area contributed by atoms with Gasteiger partial charge in [0.05, 0.1) is 11.6 Å². The maximum Gasteiger partial charge on any atom is 0.123 e. The summed E-state index contributed by atoms with van der Waals surface area (Å²) in [4.78, 5) is 0. The fourth-order valence-electron chi connectivity index (χ4n) is 3.15. The van der Waals surface area contributed by atoms with Crippen LogP contribution in [0, 0.1) is 0 Å². The normalized spacial score (nSPS) is 13.4. The zero-order valence-corrected chi connectivity index (χ0v) is 18.6. The van der Waals surface area contributed by atoms with Gasteiger partial charge in [-0.05, 0) is 18.7 Å². The van der Waals surface area contributed by atoms with E-state index in [1.54, 1.807) is 0 Å². The van der Waals surface area contributed by atoms with Gasteiger partial charge in [0.1, 0.15) is 8.07 Å². The lowest BCUT2D eigenvalue weighted by molar-refractivity contribution is 0.547. The second-order valence-corrected chi connectivity index (χ2v) is 14.2. The zero-order valence-electron chi connectivity index (χ0n) is 16.8. The minimum atomic E-state index is -1.31. The maximum absolute atomic E-state index is 5.86. The molecule has 1 heterocycles. The summed E-state index contributed by atoms with van der Waals surface area (Å²) in [6, 6.07) is 2.34. The van der Waals surface area contributed by atoms with Crippen LogP contribution in [-0.4, -0.2) is 14.3 Å². The standard InChI is InChI=1S/C21H40OSSi/c1-6-7-8-9-10-11-12-13-14-15-16-20(23-2)19-17-21(22-18-19)24(3,4)5/h17-18,20H,6-16H2,1-5H3.